The van der Waals surface area contributed by atoms with Crippen molar-refractivity contribution in [1.29, 1.82) is 0 Å². The standard InChI is InChI=1S/C12H27N3O3S/c1-12(2,3)10(18-5)9-15-11(13-4)14-7-8-19(6,16)17/h10H,7-9H2,1-6H3,(H2,13,14,15). The molecule has 0 rings (SSSR count). The number of guanidine groups is 1. The minimum absolute atomic E-state index is 0.0212. The second kappa shape index (κ2) is 7.69. The molecule has 1 unspecified atom stereocenters. The first kappa shape index (κ1) is 18.2. The highest BCUT2D eigenvalue weighted by atomic mass is 32.2. The number of nitrogens with zero attached hydrogens (tertiary/aromatic N) is 1. The van der Waals surface area contributed by atoms with Gasteiger partial charge in [-0.1, -0.05) is 20.8 Å². The van der Waals surface area contributed by atoms with Gasteiger partial charge in [0.25, 0.3) is 0 Å². The summed E-state index contributed by atoms with van der Waals surface area (Å²) in [6, 6.07) is 0. The number of rotatable bonds is 6. The van der Waals surface area contributed by atoms with Crippen LogP contribution in [0.4, 0.5) is 0 Å². The Morgan fingerprint density at radius 1 is 1.32 bits per heavy atom. The molecule has 0 aromatic heterocycles. The predicted molar refractivity (Wildman–Crippen MR) is 79.3 cm³/mol. The molecule has 0 bridgehead atoms. The summed E-state index contributed by atoms with van der Waals surface area (Å²) >= 11 is 0. The SMILES string of the molecule is CN=C(NCCS(C)(=O)=O)NCC(OC)C(C)(C)C. The van der Waals surface area contributed by atoms with Crippen molar-refractivity contribution in [2.75, 3.05) is 39.3 Å². The Hall–Kier alpha value is -0.820. The maximum Gasteiger partial charge on any atom is 0.191 e. The summed E-state index contributed by atoms with van der Waals surface area (Å²) in [6.45, 7) is 7.25. The van der Waals surface area contributed by atoms with Crippen molar-refractivity contribution in [3.63, 3.8) is 0 Å². The molecule has 0 spiro atoms. The molecular formula is C12H27N3O3S. The number of nitrogens with one attached hydrogen (secondary N) is 2. The van der Waals surface area contributed by atoms with Crippen molar-refractivity contribution < 1.29 is 13.2 Å². The summed E-state index contributed by atoms with van der Waals surface area (Å²) in [5, 5.41) is 6.09. The Morgan fingerprint density at radius 3 is 2.26 bits per heavy atom. The van der Waals surface area contributed by atoms with Gasteiger partial charge in [0.15, 0.2) is 5.96 Å². The van der Waals surface area contributed by atoms with Crippen molar-refractivity contribution >= 4 is 15.8 Å². The van der Waals surface area contributed by atoms with E-state index < -0.39 is 9.84 Å². The van der Waals surface area contributed by atoms with E-state index in [-0.39, 0.29) is 17.3 Å². The van der Waals surface area contributed by atoms with E-state index in [4.69, 9.17) is 4.74 Å². The summed E-state index contributed by atoms with van der Waals surface area (Å²) in [5.74, 6) is 0.663. The van der Waals surface area contributed by atoms with Crippen LogP contribution in [0.15, 0.2) is 4.99 Å². The molecule has 19 heavy (non-hydrogen) atoms. The van der Waals surface area contributed by atoms with E-state index in [1.54, 1.807) is 14.2 Å². The molecule has 0 aliphatic rings. The first-order chi connectivity index (χ1) is 8.60. The van der Waals surface area contributed by atoms with Gasteiger partial charge in [-0.15, -0.1) is 0 Å². The molecule has 0 heterocycles. The van der Waals surface area contributed by atoms with E-state index in [0.29, 0.717) is 19.0 Å². The lowest BCUT2D eigenvalue weighted by atomic mass is 9.89. The first-order valence-corrected chi connectivity index (χ1v) is 8.31. The molecule has 0 saturated carbocycles. The minimum atomic E-state index is -2.96. The van der Waals surface area contributed by atoms with Gasteiger partial charge in [0, 0.05) is 33.5 Å². The van der Waals surface area contributed by atoms with Crippen molar-refractivity contribution in [1.82, 2.24) is 10.6 Å². The quantitative estimate of drug-likeness (QED) is 0.542. The molecule has 1 atom stereocenters. The van der Waals surface area contributed by atoms with Crippen LogP contribution in [0.3, 0.4) is 0 Å². The lowest BCUT2D eigenvalue weighted by molar-refractivity contribution is 0.0205. The molecule has 0 amide bonds. The third-order valence-corrected chi connectivity index (χ3v) is 3.64. The van der Waals surface area contributed by atoms with Crippen LogP contribution in [0.1, 0.15) is 20.8 Å². The van der Waals surface area contributed by atoms with Gasteiger partial charge >= 0.3 is 0 Å². The monoisotopic (exact) mass is 293 g/mol. The average molecular weight is 293 g/mol. The van der Waals surface area contributed by atoms with Gasteiger partial charge in [-0.2, -0.15) is 0 Å². The zero-order valence-electron chi connectivity index (χ0n) is 12.8. The zero-order chi connectivity index (χ0) is 15.1. The van der Waals surface area contributed by atoms with Crippen LogP contribution in [0, 0.1) is 5.41 Å². The van der Waals surface area contributed by atoms with Gasteiger partial charge in [0.2, 0.25) is 0 Å². The molecule has 0 radical (unpaired) electrons. The molecular weight excluding hydrogens is 266 g/mol. The average Bonchev–Trinajstić information content (AvgIpc) is 2.24. The molecule has 2 N–H and O–H groups in total. The van der Waals surface area contributed by atoms with Gasteiger partial charge in [0.05, 0.1) is 11.9 Å². The molecule has 0 fully saturated rings. The van der Waals surface area contributed by atoms with Crippen LogP contribution in [-0.4, -0.2) is 59.7 Å². The van der Waals surface area contributed by atoms with Crippen molar-refractivity contribution in [3.05, 3.63) is 0 Å². The highest BCUT2D eigenvalue weighted by molar-refractivity contribution is 7.90. The Balaban J connectivity index is 4.21. The summed E-state index contributed by atoms with van der Waals surface area (Å²) in [4.78, 5) is 4.04. The number of hydrogen-bond acceptors (Lipinski definition) is 4. The maximum absolute atomic E-state index is 11.0. The summed E-state index contributed by atoms with van der Waals surface area (Å²) in [7, 11) is 0.368. The Bertz CT molecular complexity index is 386. The van der Waals surface area contributed by atoms with E-state index in [1.165, 1.54) is 6.26 Å². The summed E-state index contributed by atoms with van der Waals surface area (Å²) < 4.78 is 27.5. The highest BCUT2D eigenvalue weighted by Gasteiger charge is 2.24. The number of sulfone groups is 1. The Labute approximate surface area is 116 Å². The van der Waals surface area contributed by atoms with Gasteiger partial charge in [-0.05, 0) is 5.41 Å². The number of methoxy groups -OCH3 is 1. The lowest BCUT2D eigenvalue weighted by Crippen LogP contribution is -2.46. The van der Waals surface area contributed by atoms with Gasteiger partial charge in [-0.3, -0.25) is 4.99 Å². The highest BCUT2D eigenvalue weighted by Crippen LogP contribution is 2.20. The smallest absolute Gasteiger partial charge is 0.191 e. The third kappa shape index (κ3) is 8.83. The van der Waals surface area contributed by atoms with Gasteiger partial charge < -0.3 is 15.4 Å². The Kier molecular flexibility index (Phi) is 7.36. The van der Waals surface area contributed by atoms with E-state index >= 15 is 0 Å². The molecule has 114 valence electrons. The number of ether oxygens (including phenoxy) is 1. The largest absolute Gasteiger partial charge is 0.379 e. The Morgan fingerprint density at radius 2 is 1.89 bits per heavy atom. The van der Waals surface area contributed by atoms with Gasteiger partial charge in [0.1, 0.15) is 9.84 Å². The second-order valence-electron chi connectivity index (χ2n) is 5.60. The van der Waals surface area contributed by atoms with E-state index in [1.807, 2.05) is 0 Å². The molecule has 0 aromatic rings. The fourth-order valence-corrected chi connectivity index (χ4v) is 1.98. The van der Waals surface area contributed by atoms with Crippen LogP contribution in [0.25, 0.3) is 0 Å². The first-order valence-electron chi connectivity index (χ1n) is 6.25. The predicted octanol–water partition coefficient (Wildman–Crippen LogP) is 0.257. The van der Waals surface area contributed by atoms with Crippen LogP contribution in [0.5, 0.6) is 0 Å². The topological polar surface area (TPSA) is 79.8 Å². The zero-order valence-corrected chi connectivity index (χ0v) is 13.6. The summed E-state index contributed by atoms with van der Waals surface area (Å²) in [6.07, 6.45) is 1.26. The van der Waals surface area contributed by atoms with E-state index in [2.05, 4.69) is 36.4 Å². The molecule has 0 saturated heterocycles. The maximum atomic E-state index is 11.0. The third-order valence-electron chi connectivity index (χ3n) is 2.69. The van der Waals surface area contributed by atoms with Crippen molar-refractivity contribution in [2.45, 2.75) is 26.9 Å². The van der Waals surface area contributed by atoms with Crippen molar-refractivity contribution in [2.24, 2.45) is 10.4 Å². The van der Waals surface area contributed by atoms with Crippen LogP contribution < -0.4 is 10.6 Å². The van der Waals surface area contributed by atoms with E-state index in [0.717, 1.165) is 0 Å². The van der Waals surface area contributed by atoms with Gasteiger partial charge in [-0.25, -0.2) is 8.42 Å². The summed E-state index contributed by atoms with van der Waals surface area (Å²) in [5.41, 5.74) is 0.0212. The molecule has 0 aliphatic heterocycles. The molecule has 0 aromatic carbocycles. The number of hydrogen-bond donors (Lipinski definition) is 2. The molecule has 0 aliphatic carbocycles. The molecule has 7 heteroatoms. The second-order valence-corrected chi connectivity index (χ2v) is 7.86. The van der Waals surface area contributed by atoms with Crippen LogP contribution in [-0.2, 0) is 14.6 Å². The number of aliphatic imine (C=N–C) groups is 1. The van der Waals surface area contributed by atoms with E-state index in [9.17, 15) is 8.42 Å². The van der Waals surface area contributed by atoms with Crippen LogP contribution in [0.2, 0.25) is 0 Å². The van der Waals surface area contributed by atoms with Crippen LogP contribution >= 0.6 is 0 Å². The molecule has 6 nitrogen and oxygen atoms in total. The minimum Gasteiger partial charge on any atom is -0.379 e. The fraction of sp³-hybridized carbons (Fsp3) is 0.917. The lowest BCUT2D eigenvalue weighted by Gasteiger charge is -2.30. The fourth-order valence-electron chi connectivity index (χ4n) is 1.51. The van der Waals surface area contributed by atoms with Crippen molar-refractivity contribution in [3.8, 4) is 0 Å². The normalized spacial score (nSPS) is 15.2.